The van der Waals surface area contributed by atoms with Crippen LogP contribution in [0.15, 0.2) is 242 Å². The standard InChI is InChI=1S/C21H20N.C19H18N.C17H11F3N.C17H14N.3C5H8O2.4Ir/c1-3-7-16(8-4-1)18-11-13-21-19(15-18)12-14-20(22-21)17-9-5-2-6-10-17;1-13(2)17-12-15-8-4-5-10-18(15)20-19(17)16-9-6-7-14(3)11-16;1-11-8-13(10-14(9-11)17(18,19)20)16-7-6-12-4-2-3-5-15(12)21-16;1-2-13-6-5-8-15(12-13)17-11-10-14-7-3-4-9-16(14)18-17;3*1-4(6)3-5(2)7;;;;/h2,5-6,9,11-16H,1,3-4,7-8H2;4-10,12-13H,1-3H3;2-9H,1H3;3-7,9-12H,2H2,1H3;3*3,6H,1-2H3;;;;/q4*-1;;;;;;;. The molecule has 4 heterocycles. The molecule has 10 nitrogen and oxygen atoms in total. The topological polar surface area (TPSA) is 163 Å². The molecule has 0 aliphatic heterocycles. The Kier molecular flexibility index (Phi) is 39.6. The van der Waals surface area contributed by atoms with Gasteiger partial charge in [-0.05, 0) is 158 Å². The number of ketones is 3. The van der Waals surface area contributed by atoms with Crippen molar-refractivity contribution >= 4 is 61.0 Å². The molecule has 13 rings (SSSR count). The molecular weight excluding hydrogens is 2050 g/mol. The fourth-order valence-corrected chi connectivity index (χ4v) is 11.2. The Morgan fingerprint density at radius 1 is 0.472 bits per heavy atom. The van der Waals surface area contributed by atoms with Crippen molar-refractivity contribution in [3.8, 4) is 45.0 Å². The van der Waals surface area contributed by atoms with Crippen LogP contribution in [0.25, 0.3) is 88.6 Å². The van der Waals surface area contributed by atoms with Gasteiger partial charge in [-0.25, -0.2) is 0 Å². The van der Waals surface area contributed by atoms with E-state index in [0.29, 0.717) is 22.7 Å². The van der Waals surface area contributed by atoms with Crippen molar-refractivity contribution in [1.29, 1.82) is 0 Å². The monoisotopic (exact) mass is 2140 g/mol. The number of halogens is 3. The van der Waals surface area contributed by atoms with E-state index in [2.05, 4.69) is 171 Å². The molecule has 0 bridgehead atoms. The third-order valence-corrected chi connectivity index (χ3v) is 15.9. The molecule has 17 heteroatoms. The van der Waals surface area contributed by atoms with E-state index in [-0.39, 0.29) is 115 Å². The molecule has 0 saturated heterocycles. The van der Waals surface area contributed by atoms with Gasteiger partial charge < -0.3 is 15.3 Å². The number of hydrogen-bond donors (Lipinski definition) is 3. The molecule has 560 valence electrons. The number of fused-ring (bicyclic) bond motifs is 4. The summed E-state index contributed by atoms with van der Waals surface area (Å²) in [5.74, 6) is 1.00. The molecule has 1 aliphatic rings. The molecule has 0 unspecified atom stereocenters. The van der Waals surface area contributed by atoms with Gasteiger partial charge in [0.15, 0.2) is 17.3 Å². The first-order chi connectivity index (χ1) is 48.7. The first kappa shape index (κ1) is 91.6. The number of nitrogens with zero attached hydrogens (tertiary/aromatic N) is 4. The second-order valence-corrected chi connectivity index (χ2v) is 25.2. The van der Waals surface area contributed by atoms with Crippen LogP contribution >= 0.6 is 0 Å². The number of aryl methyl sites for hydroxylation is 3. The van der Waals surface area contributed by atoms with E-state index in [1.807, 2.05) is 78.9 Å². The zero-order valence-corrected chi connectivity index (χ0v) is 70.7. The number of aliphatic hydroxyl groups is 3. The maximum atomic E-state index is 12.9. The zero-order chi connectivity index (χ0) is 73.9. The summed E-state index contributed by atoms with van der Waals surface area (Å²) in [7, 11) is 0. The minimum atomic E-state index is -4.41. The van der Waals surface area contributed by atoms with Crippen molar-refractivity contribution in [3.05, 3.63) is 299 Å². The van der Waals surface area contributed by atoms with Crippen LogP contribution in [-0.2, 0) is 107 Å². The molecule has 1 aliphatic carbocycles. The first-order valence-corrected chi connectivity index (χ1v) is 34.0. The van der Waals surface area contributed by atoms with Crippen LogP contribution in [0, 0.1) is 38.1 Å². The van der Waals surface area contributed by atoms with Gasteiger partial charge in [0.2, 0.25) is 0 Å². The number of aromatic nitrogens is 4. The number of benzene rings is 8. The summed E-state index contributed by atoms with van der Waals surface area (Å²) >= 11 is 0. The molecule has 1 fully saturated rings. The van der Waals surface area contributed by atoms with E-state index < -0.39 is 11.7 Å². The Hall–Kier alpha value is -8.58. The molecular formula is C89H87F3Ir4N4O6-4. The molecule has 106 heavy (non-hydrogen) atoms. The van der Waals surface area contributed by atoms with Crippen molar-refractivity contribution in [2.45, 2.75) is 133 Å². The Morgan fingerprint density at radius 2 is 0.934 bits per heavy atom. The van der Waals surface area contributed by atoms with Crippen LogP contribution < -0.4 is 0 Å². The van der Waals surface area contributed by atoms with Crippen molar-refractivity contribution < 1.29 is 123 Å². The summed E-state index contributed by atoms with van der Waals surface area (Å²) < 4.78 is 38.6. The van der Waals surface area contributed by atoms with Crippen LogP contribution in [0.1, 0.15) is 140 Å². The van der Waals surface area contributed by atoms with Gasteiger partial charge >= 0.3 is 6.18 Å². The number of allylic oxidation sites excluding steroid dienone is 6. The molecule has 1 saturated carbocycles. The van der Waals surface area contributed by atoms with E-state index in [1.165, 1.54) is 125 Å². The van der Waals surface area contributed by atoms with Gasteiger partial charge in [-0.2, -0.15) is 13.2 Å². The molecule has 0 spiro atoms. The van der Waals surface area contributed by atoms with Crippen molar-refractivity contribution in [2.75, 3.05) is 0 Å². The second kappa shape index (κ2) is 45.8. The van der Waals surface area contributed by atoms with Gasteiger partial charge in [0.1, 0.15) is 0 Å². The Bertz CT molecular complexity index is 4840. The van der Waals surface area contributed by atoms with Gasteiger partial charge in [0.05, 0.1) is 39.3 Å². The number of carbonyl (C=O) groups is 3. The van der Waals surface area contributed by atoms with Crippen molar-refractivity contribution in [3.63, 3.8) is 0 Å². The number of hydrogen-bond acceptors (Lipinski definition) is 10. The number of alkyl halides is 3. The van der Waals surface area contributed by atoms with E-state index in [1.54, 1.807) is 19.1 Å². The van der Waals surface area contributed by atoms with Gasteiger partial charge in [-0.3, -0.25) is 34.3 Å². The summed E-state index contributed by atoms with van der Waals surface area (Å²) in [6.07, 6.45) is 6.98. The number of rotatable bonds is 10. The Morgan fingerprint density at radius 3 is 1.42 bits per heavy atom. The maximum absolute atomic E-state index is 12.9. The van der Waals surface area contributed by atoms with E-state index in [0.717, 1.165) is 85.2 Å². The predicted octanol–water partition coefficient (Wildman–Crippen LogP) is 23.3. The predicted molar refractivity (Wildman–Crippen MR) is 409 cm³/mol. The second-order valence-electron chi connectivity index (χ2n) is 25.2. The third-order valence-electron chi connectivity index (χ3n) is 15.9. The maximum Gasteiger partial charge on any atom is 0.399 e. The Labute approximate surface area is 675 Å². The van der Waals surface area contributed by atoms with Crippen LogP contribution in [0.4, 0.5) is 13.2 Å². The van der Waals surface area contributed by atoms with Gasteiger partial charge in [-0.15, -0.1) is 136 Å². The molecule has 8 aromatic carbocycles. The number of carbonyl (C=O) groups excluding carboxylic acids is 3. The number of pyridine rings is 4. The van der Waals surface area contributed by atoms with Crippen LogP contribution in [0.5, 0.6) is 0 Å². The molecule has 0 amide bonds. The fraction of sp³-hybridized carbons (Fsp3) is 0.225. The summed E-state index contributed by atoms with van der Waals surface area (Å²) in [4.78, 5) is 48.8. The van der Waals surface area contributed by atoms with Crippen LogP contribution in [-0.4, -0.2) is 52.6 Å². The smallest absolute Gasteiger partial charge is 0.399 e. The molecule has 3 N–H and O–H groups in total. The summed E-state index contributed by atoms with van der Waals surface area (Å²) in [6, 6.07) is 80.7. The summed E-state index contributed by atoms with van der Waals surface area (Å²) in [5.41, 5.74) is 16.0. The van der Waals surface area contributed by atoms with E-state index in [9.17, 15) is 27.6 Å². The van der Waals surface area contributed by atoms with Gasteiger partial charge in [0.25, 0.3) is 0 Å². The average molecular weight is 2130 g/mol. The average Bonchev–Trinajstić information content (AvgIpc) is 0.816. The zero-order valence-electron chi connectivity index (χ0n) is 61.1. The van der Waals surface area contributed by atoms with Crippen LogP contribution in [0.2, 0.25) is 0 Å². The fourth-order valence-electron chi connectivity index (χ4n) is 11.2. The largest absolute Gasteiger partial charge is 0.512 e. The molecule has 4 radical (unpaired) electrons. The van der Waals surface area contributed by atoms with Gasteiger partial charge in [-0.1, -0.05) is 163 Å². The minimum absolute atomic E-state index is 0. The van der Waals surface area contributed by atoms with Crippen molar-refractivity contribution in [1.82, 2.24) is 19.9 Å². The summed E-state index contributed by atoms with van der Waals surface area (Å²) in [6.45, 7) is 18.8. The quantitative estimate of drug-likeness (QED) is 0.0682. The third kappa shape index (κ3) is 30.0. The minimum Gasteiger partial charge on any atom is -0.512 e. The van der Waals surface area contributed by atoms with Crippen LogP contribution in [0.3, 0.4) is 0 Å². The summed E-state index contributed by atoms with van der Waals surface area (Å²) in [5, 5.41) is 29.7. The first-order valence-electron chi connectivity index (χ1n) is 34.0. The molecule has 0 atom stereocenters. The van der Waals surface area contributed by atoms with Gasteiger partial charge in [0, 0.05) is 98.6 Å². The number of para-hydroxylation sites is 3. The normalized spacial score (nSPS) is 11.9. The SMILES string of the molecule is CC(=O)C=C(C)O.CC(=O)C=C(C)O.CC(=O)C=C(C)O.CCc1cc[c-]c(-c2ccc3ccccc3n2)c1.Cc1[c-]c(-c2nc3ccccc3cc2C(C)C)ccc1.Cc1cc(-c2ccc3ccccc3n2)[c-]c(C(F)(F)F)c1.[Ir].[Ir].[Ir].[Ir].[c-]1ccccc1-c1ccc2cc(C3CCCCC3)ccc2n1. The van der Waals surface area contributed by atoms with E-state index >= 15 is 0 Å². The molecule has 12 aromatic rings. The number of aliphatic hydroxyl groups excluding tert-OH is 3. The molecule has 4 aromatic heterocycles. The van der Waals surface area contributed by atoms with Crippen molar-refractivity contribution in [2.24, 2.45) is 0 Å². The Balaban J connectivity index is 0.000000333. The van der Waals surface area contributed by atoms with E-state index in [4.69, 9.17) is 25.3 Å².